The molecule has 0 aliphatic carbocycles. The lowest BCUT2D eigenvalue weighted by Gasteiger charge is -2.04. The van der Waals surface area contributed by atoms with Crippen LogP contribution >= 0.6 is 11.6 Å². The fourth-order valence-corrected chi connectivity index (χ4v) is 1.64. The molecule has 0 atom stereocenters. The number of hydrogen-bond donors (Lipinski definition) is 0. The Hall–Kier alpha value is -2.22. The second-order valence-electron chi connectivity index (χ2n) is 3.44. The van der Waals surface area contributed by atoms with Gasteiger partial charge in [-0.3, -0.25) is 25.0 Å². The number of carbonyl (C=O) groups is 1. The van der Waals surface area contributed by atoms with Crippen molar-refractivity contribution in [3.63, 3.8) is 0 Å². The van der Waals surface area contributed by atoms with Crippen molar-refractivity contribution in [2.75, 3.05) is 6.61 Å². The fraction of sp³-hybridized carbons (Fsp3) is 0.300. The van der Waals surface area contributed by atoms with Crippen molar-refractivity contribution < 1.29 is 19.4 Å². The Balaban J connectivity index is 3.23. The molecular weight excluding hydrogens is 280 g/mol. The van der Waals surface area contributed by atoms with Crippen molar-refractivity contribution in [1.82, 2.24) is 0 Å². The predicted molar refractivity (Wildman–Crippen MR) is 65.1 cm³/mol. The summed E-state index contributed by atoms with van der Waals surface area (Å²) in [5.74, 6) is -0.631. The largest absolute Gasteiger partial charge is 0.466 e. The summed E-state index contributed by atoms with van der Waals surface area (Å²) < 4.78 is 4.67. The van der Waals surface area contributed by atoms with Crippen LogP contribution in [0.25, 0.3) is 0 Å². The van der Waals surface area contributed by atoms with E-state index in [1.807, 2.05) is 0 Å². The number of ether oxygens (including phenoxy) is 1. The van der Waals surface area contributed by atoms with E-state index in [2.05, 4.69) is 4.74 Å². The number of rotatable bonds is 5. The van der Waals surface area contributed by atoms with Crippen LogP contribution < -0.4 is 0 Å². The molecule has 0 amide bonds. The molecule has 0 saturated heterocycles. The maximum atomic E-state index is 11.3. The van der Waals surface area contributed by atoms with Gasteiger partial charge in [-0.25, -0.2) is 0 Å². The van der Waals surface area contributed by atoms with Gasteiger partial charge in [0.1, 0.15) is 0 Å². The Bertz CT molecular complexity index is 510. The zero-order valence-electron chi connectivity index (χ0n) is 9.79. The molecule has 0 aromatic heterocycles. The van der Waals surface area contributed by atoms with Crippen LogP contribution in [0.5, 0.6) is 0 Å². The number of hydrogen-bond acceptors (Lipinski definition) is 6. The normalized spacial score (nSPS) is 10.0. The Morgan fingerprint density at radius 2 is 1.74 bits per heavy atom. The lowest BCUT2D eigenvalue weighted by molar-refractivity contribution is -0.394. The number of benzene rings is 1. The van der Waals surface area contributed by atoms with Crippen LogP contribution in [0.4, 0.5) is 11.4 Å². The van der Waals surface area contributed by atoms with Crippen molar-refractivity contribution in [2.24, 2.45) is 0 Å². The van der Waals surface area contributed by atoms with Gasteiger partial charge in [0.2, 0.25) is 0 Å². The molecule has 0 bridgehead atoms. The van der Waals surface area contributed by atoms with E-state index in [1.54, 1.807) is 6.92 Å². The highest BCUT2D eigenvalue weighted by molar-refractivity contribution is 6.34. The second-order valence-corrected chi connectivity index (χ2v) is 3.82. The molecule has 0 aliphatic rings. The number of carbonyl (C=O) groups excluding carboxylic acids is 1. The first-order valence-electron chi connectivity index (χ1n) is 5.13. The van der Waals surface area contributed by atoms with E-state index in [1.165, 1.54) is 0 Å². The highest BCUT2D eigenvalue weighted by Gasteiger charge is 2.25. The SMILES string of the molecule is CCOC(=O)Cc1cc([N+](=O)[O-])c(Cl)c([N+](=O)[O-])c1. The molecule has 0 spiro atoms. The highest BCUT2D eigenvalue weighted by atomic mass is 35.5. The molecule has 19 heavy (non-hydrogen) atoms. The third-order valence-corrected chi connectivity index (χ3v) is 2.53. The minimum atomic E-state index is -0.843. The Labute approximate surface area is 112 Å². The van der Waals surface area contributed by atoms with Crippen LogP contribution in [-0.4, -0.2) is 22.4 Å². The summed E-state index contributed by atoms with van der Waals surface area (Å²) in [6, 6.07) is 2.04. The van der Waals surface area contributed by atoms with Gasteiger partial charge in [0.25, 0.3) is 11.4 Å². The van der Waals surface area contributed by atoms with Crippen LogP contribution in [0.3, 0.4) is 0 Å². The van der Waals surface area contributed by atoms with Gasteiger partial charge < -0.3 is 4.74 Å². The van der Waals surface area contributed by atoms with E-state index in [0.29, 0.717) is 0 Å². The van der Waals surface area contributed by atoms with Crippen LogP contribution in [0.1, 0.15) is 12.5 Å². The van der Waals surface area contributed by atoms with E-state index in [4.69, 9.17) is 11.6 Å². The molecule has 0 aliphatic heterocycles. The minimum Gasteiger partial charge on any atom is -0.466 e. The Morgan fingerprint density at radius 1 is 1.26 bits per heavy atom. The van der Waals surface area contributed by atoms with E-state index in [0.717, 1.165) is 12.1 Å². The van der Waals surface area contributed by atoms with Crippen molar-refractivity contribution in [1.29, 1.82) is 0 Å². The molecule has 0 saturated carbocycles. The number of nitro benzene ring substituents is 2. The average Bonchev–Trinajstić information content (AvgIpc) is 2.30. The molecule has 8 nitrogen and oxygen atoms in total. The lowest BCUT2D eigenvalue weighted by Crippen LogP contribution is -2.08. The molecule has 0 radical (unpaired) electrons. The van der Waals surface area contributed by atoms with Gasteiger partial charge in [-0.15, -0.1) is 0 Å². The Kier molecular flexibility index (Phi) is 4.76. The van der Waals surface area contributed by atoms with Gasteiger partial charge in [0, 0.05) is 12.1 Å². The average molecular weight is 289 g/mol. The summed E-state index contributed by atoms with van der Waals surface area (Å²) in [4.78, 5) is 31.1. The van der Waals surface area contributed by atoms with Gasteiger partial charge in [-0.05, 0) is 12.5 Å². The molecule has 0 fully saturated rings. The van der Waals surface area contributed by atoms with Crippen LogP contribution in [0.2, 0.25) is 5.02 Å². The van der Waals surface area contributed by atoms with E-state index >= 15 is 0 Å². The zero-order valence-corrected chi connectivity index (χ0v) is 10.5. The fourth-order valence-electron chi connectivity index (χ4n) is 1.40. The van der Waals surface area contributed by atoms with Gasteiger partial charge >= 0.3 is 5.97 Å². The van der Waals surface area contributed by atoms with Crippen LogP contribution in [0, 0.1) is 20.2 Å². The lowest BCUT2D eigenvalue weighted by atomic mass is 10.1. The zero-order chi connectivity index (χ0) is 14.6. The molecular formula is C10H9ClN2O6. The van der Waals surface area contributed by atoms with E-state index in [9.17, 15) is 25.0 Å². The summed E-state index contributed by atoms with van der Waals surface area (Å²) >= 11 is 5.57. The maximum absolute atomic E-state index is 11.3. The first-order valence-corrected chi connectivity index (χ1v) is 5.51. The second kappa shape index (κ2) is 6.10. The number of nitrogens with zero attached hydrogens (tertiary/aromatic N) is 2. The first kappa shape index (κ1) is 14.8. The van der Waals surface area contributed by atoms with Gasteiger partial charge in [0.05, 0.1) is 22.9 Å². The smallest absolute Gasteiger partial charge is 0.310 e. The van der Waals surface area contributed by atoms with E-state index in [-0.39, 0.29) is 18.6 Å². The van der Waals surface area contributed by atoms with Crippen LogP contribution in [-0.2, 0) is 16.0 Å². The third-order valence-electron chi connectivity index (χ3n) is 2.14. The van der Waals surface area contributed by atoms with Crippen molar-refractivity contribution in [3.8, 4) is 0 Å². The standard InChI is InChI=1S/C10H9ClN2O6/c1-2-19-9(14)5-6-3-7(12(15)16)10(11)8(4-6)13(17)18/h3-4H,2,5H2,1H3. The molecule has 0 heterocycles. The monoisotopic (exact) mass is 288 g/mol. The summed E-state index contributed by atoms with van der Waals surface area (Å²) in [7, 11) is 0. The van der Waals surface area contributed by atoms with Gasteiger partial charge in [-0.2, -0.15) is 0 Å². The summed E-state index contributed by atoms with van der Waals surface area (Å²) in [6.07, 6.45) is -0.299. The molecule has 9 heteroatoms. The van der Waals surface area contributed by atoms with Crippen molar-refractivity contribution in [3.05, 3.63) is 42.9 Å². The van der Waals surface area contributed by atoms with Gasteiger partial charge in [0.15, 0.2) is 5.02 Å². The quantitative estimate of drug-likeness (QED) is 0.466. The third kappa shape index (κ3) is 3.62. The number of halogens is 1. The number of nitro groups is 2. The van der Waals surface area contributed by atoms with Crippen molar-refractivity contribution >= 4 is 28.9 Å². The van der Waals surface area contributed by atoms with E-state index < -0.39 is 32.2 Å². The summed E-state index contributed by atoms with van der Waals surface area (Å²) in [6.45, 7) is 1.75. The molecule has 102 valence electrons. The molecule has 1 rings (SSSR count). The first-order chi connectivity index (χ1) is 8.86. The molecule has 0 N–H and O–H groups in total. The minimum absolute atomic E-state index is 0.0984. The van der Waals surface area contributed by atoms with Crippen LogP contribution in [0.15, 0.2) is 12.1 Å². The van der Waals surface area contributed by atoms with Crippen molar-refractivity contribution in [2.45, 2.75) is 13.3 Å². The number of esters is 1. The molecule has 1 aromatic rings. The topological polar surface area (TPSA) is 113 Å². The summed E-state index contributed by atoms with van der Waals surface area (Å²) in [5, 5.41) is 20.9. The molecule has 1 aromatic carbocycles. The molecule has 0 unspecified atom stereocenters. The Morgan fingerprint density at radius 3 is 2.11 bits per heavy atom. The predicted octanol–water partition coefficient (Wildman–Crippen LogP) is 2.26. The maximum Gasteiger partial charge on any atom is 0.310 e. The summed E-state index contributed by atoms with van der Waals surface area (Å²) in [5.41, 5.74) is -1.13. The highest BCUT2D eigenvalue weighted by Crippen LogP contribution is 2.35. The van der Waals surface area contributed by atoms with Gasteiger partial charge in [-0.1, -0.05) is 11.6 Å².